The van der Waals surface area contributed by atoms with Crippen molar-refractivity contribution >= 4 is 11.6 Å². The van der Waals surface area contributed by atoms with Crippen molar-refractivity contribution in [1.82, 2.24) is 14.8 Å². The van der Waals surface area contributed by atoms with Crippen LogP contribution in [0.5, 0.6) is 0 Å². The summed E-state index contributed by atoms with van der Waals surface area (Å²) in [6.07, 6.45) is 9.07. The van der Waals surface area contributed by atoms with Gasteiger partial charge in [0.1, 0.15) is 0 Å². The van der Waals surface area contributed by atoms with Crippen LogP contribution in [0.3, 0.4) is 0 Å². The number of anilines is 1. The summed E-state index contributed by atoms with van der Waals surface area (Å²) in [5.41, 5.74) is 3.62. The van der Waals surface area contributed by atoms with Gasteiger partial charge in [0.15, 0.2) is 0 Å². The van der Waals surface area contributed by atoms with Crippen LogP contribution in [-0.2, 0) is 6.54 Å². The monoisotopic (exact) mass is 332 g/mol. The molecule has 126 valence electrons. The van der Waals surface area contributed by atoms with Crippen molar-refractivity contribution in [2.45, 2.75) is 31.7 Å². The summed E-state index contributed by atoms with van der Waals surface area (Å²) in [6, 6.07) is 13.7. The average molecular weight is 332 g/mol. The molecule has 1 aliphatic carbocycles. The maximum absolute atomic E-state index is 12.4. The van der Waals surface area contributed by atoms with Crippen LogP contribution in [0.2, 0.25) is 0 Å². The number of aromatic nitrogens is 3. The number of carbonyl (C=O) groups excluding carboxylic acids is 1. The molecule has 5 heteroatoms. The van der Waals surface area contributed by atoms with Crippen LogP contribution in [0, 0.1) is 0 Å². The molecule has 0 aliphatic heterocycles. The summed E-state index contributed by atoms with van der Waals surface area (Å²) in [5.74, 6) is 0.569. The highest BCUT2D eigenvalue weighted by Crippen LogP contribution is 2.36. The lowest BCUT2D eigenvalue weighted by Crippen LogP contribution is -2.13. The Labute approximate surface area is 146 Å². The molecule has 0 saturated heterocycles. The van der Waals surface area contributed by atoms with Gasteiger partial charge < -0.3 is 5.32 Å². The second-order valence-electron chi connectivity index (χ2n) is 6.45. The van der Waals surface area contributed by atoms with E-state index in [0.717, 1.165) is 5.69 Å². The van der Waals surface area contributed by atoms with Crippen molar-refractivity contribution in [3.8, 4) is 0 Å². The van der Waals surface area contributed by atoms with Gasteiger partial charge in [-0.15, -0.1) is 0 Å². The number of benzene rings is 1. The zero-order chi connectivity index (χ0) is 17.1. The largest absolute Gasteiger partial charge is 0.319 e. The Morgan fingerprint density at radius 1 is 1.16 bits per heavy atom. The molecule has 4 rings (SSSR count). The minimum atomic E-state index is -0.113. The predicted octanol–water partition coefficient (Wildman–Crippen LogP) is 3.85. The standard InChI is InChI=1S/C20H20N4O/c25-20(17-9-7-16(8-10-17)15-4-3-5-15)23-19-12-22-24(14-19)13-18-6-1-2-11-21-18/h1-2,6-12,14-15H,3-5,13H2,(H,23,25). The fraction of sp³-hybridized carbons (Fsp3) is 0.250. The van der Waals surface area contributed by atoms with E-state index in [2.05, 4.69) is 27.5 Å². The number of amides is 1. The normalized spacial score (nSPS) is 14.1. The highest BCUT2D eigenvalue weighted by Gasteiger charge is 2.19. The topological polar surface area (TPSA) is 59.8 Å². The molecule has 3 aromatic rings. The van der Waals surface area contributed by atoms with Crippen LogP contribution in [-0.4, -0.2) is 20.7 Å². The van der Waals surface area contributed by atoms with Crippen LogP contribution < -0.4 is 5.32 Å². The minimum absolute atomic E-state index is 0.113. The van der Waals surface area contributed by atoms with Gasteiger partial charge in [0.05, 0.1) is 24.1 Å². The summed E-state index contributed by atoms with van der Waals surface area (Å²) in [6.45, 7) is 0.576. The van der Waals surface area contributed by atoms with Gasteiger partial charge in [-0.2, -0.15) is 5.10 Å². The number of hydrogen-bond acceptors (Lipinski definition) is 3. The van der Waals surface area contributed by atoms with Crippen molar-refractivity contribution in [3.63, 3.8) is 0 Å². The van der Waals surface area contributed by atoms with Crippen molar-refractivity contribution in [2.75, 3.05) is 5.32 Å². The quantitative estimate of drug-likeness (QED) is 0.772. The maximum atomic E-state index is 12.4. The van der Waals surface area contributed by atoms with Crippen LogP contribution >= 0.6 is 0 Å². The molecule has 1 saturated carbocycles. The molecule has 1 aromatic carbocycles. The molecule has 5 nitrogen and oxygen atoms in total. The Morgan fingerprint density at radius 2 is 2.00 bits per heavy atom. The molecule has 1 fully saturated rings. The number of nitrogens with zero attached hydrogens (tertiary/aromatic N) is 3. The van der Waals surface area contributed by atoms with Crippen LogP contribution in [0.1, 0.15) is 46.8 Å². The molecule has 0 unspecified atom stereocenters. The molecule has 0 radical (unpaired) electrons. The summed E-state index contributed by atoms with van der Waals surface area (Å²) in [7, 11) is 0. The Balaban J connectivity index is 1.39. The van der Waals surface area contributed by atoms with Crippen LogP contribution in [0.15, 0.2) is 61.1 Å². The first-order chi connectivity index (χ1) is 12.3. The van der Waals surface area contributed by atoms with Crippen molar-refractivity contribution in [2.24, 2.45) is 0 Å². The van der Waals surface area contributed by atoms with Crippen LogP contribution in [0.4, 0.5) is 5.69 Å². The first-order valence-electron chi connectivity index (χ1n) is 8.61. The van der Waals surface area contributed by atoms with Gasteiger partial charge in [0, 0.05) is 18.0 Å². The number of carbonyl (C=O) groups is 1. The van der Waals surface area contributed by atoms with E-state index in [1.165, 1.54) is 24.8 Å². The van der Waals surface area contributed by atoms with Gasteiger partial charge in [-0.25, -0.2) is 0 Å². The van der Waals surface area contributed by atoms with E-state index in [0.29, 0.717) is 23.7 Å². The van der Waals surface area contributed by atoms with Gasteiger partial charge >= 0.3 is 0 Å². The molecule has 1 N–H and O–H groups in total. The van der Waals surface area contributed by atoms with Gasteiger partial charge in [0.2, 0.25) is 0 Å². The third kappa shape index (κ3) is 3.60. The second kappa shape index (κ2) is 6.89. The Kier molecular flexibility index (Phi) is 4.29. The van der Waals surface area contributed by atoms with E-state index < -0.39 is 0 Å². The molecular weight excluding hydrogens is 312 g/mol. The lowest BCUT2D eigenvalue weighted by atomic mass is 9.80. The van der Waals surface area contributed by atoms with E-state index in [9.17, 15) is 4.79 Å². The number of pyridine rings is 1. The summed E-state index contributed by atoms with van der Waals surface area (Å²) >= 11 is 0. The zero-order valence-electron chi connectivity index (χ0n) is 13.9. The molecule has 0 bridgehead atoms. The summed E-state index contributed by atoms with van der Waals surface area (Å²) in [4.78, 5) is 16.7. The van der Waals surface area contributed by atoms with E-state index in [4.69, 9.17) is 0 Å². The van der Waals surface area contributed by atoms with Gasteiger partial charge in [-0.05, 0) is 48.6 Å². The number of rotatable bonds is 5. The molecule has 2 aromatic heterocycles. The Bertz CT molecular complexity index is 851. The predicted molar refractivity (Wildman–Crippen MR) is 96.6 cm³/mol. The Morgan fingerprint density at radius 3 is 2.68 bits per heavy atom. The van der Waals surface area contributed by atoms with E-state index >= 15 is 0 Å². The van der Waals surface area contributed by atoms with Gasteiger partial charge in [0.25, 0.3) is 5.91 Å². The van der Waals surface area contributed by atoms with Crippen LogP contribution in [0.25, 0.3) is 0 Å². The van der Waals surface area contributed by atoms with Crippen molar-refractivity contribution in [1.29, 1.82) is 0 Å². The van der Waals surface area contributed by atoms with E-state index in [1.54, 1.807) is 17.1 Å². The molecule has 2 heterocycles. The fourth-order valence-electron chi connectivity index (χ4n) is 3.02. The highest BCUT2D eigenvalue weighted by molar-refractivity contribution is 6.04. The third-order valence-corrected chi connectivity index (χ3v) is 4.69. The molecule has 25 heavy (non-hydrogen) atoms. The third-order valence-electron chi connectivity index (χ3n) is 4.69. The van der Waals surface area contributed by atoms with Crippen molar-refractivity contribution in [3.05, 3.63) is 77.9 Å². The molecule has 1 amide bonds. The summed E-state index contributed by atoms with van der Waals surface area (Å²) < 4.78 is 1.76. The SMILES string of the molecule is O=C(Nc1cnn(Cc2ccccn2)c1)c1ccc(C2CCC2)cc1. The van der Waals surface area contributed by atoms with Gasteiger partial charge in [-0.1, -0.05) is 24.6 Å². The molecule has 0 atom stereocenters. The van der Waals surface area contributed by atoms with Crippen molar-refractivity contribution < 1.29 is 4.79 Å². The fourth-order valence-corrected chi connectivity index (χ4v) is 3.02. The molecular formula is C20H20N4O. The number of nitrogens with one attached hydrogen (secondary N) is 1. The maximum Gasteiger partial charge on any atom is 0.255 e. The first-order valence-corrected chi connectivity index (χ1v) is 8.61. The highest BCUT2D eigenvalue weighted by atomic mass is 16.1. The summed E-state index contributed by atoms with van der Waals surface area (Å²) in [5, 5.41) is 7.17. The van der Waals surface area contributed by atoms with Gasteiger partial charge in [-0.3, -0.25) is 14.5 Å². The van der Waals surface area contributed by atoms with E-state index in [-0.39, 0.29) is 5.91 Å². The Hall–Kier alpha value is -2.95. The zero-order valence-corrected chi connectivity index (χ0v) is 13.9. The number of hydrogen-bond donors (Lipinski definition) is 1. The average Bonchev–Trinajstić information content (AvgIpc) is 3.02. The molecule has 0 spiro atoms. The first kappa shape index (κ1) is 15.6. The lowest BCUT2D eigenvalue weighted by molar-refractivity contribution is 0.102. The smallest absolute Gasteiger partial charge is 0.255 e. The molecule has 1 aliphatic rings. The minimum Gasteiger partial charge on any atom is -0.319 e. The second-order valence-corrected chi connectivity index (χ2v) is 6.45. The lowest BCUT2D eigenvalue weighted by Gasteiger charge is -2.25. The van der Waals surface area contributed by atoms with E-state index in [1.807, 2.05) is 36.5 Å².